The van der Waals surface area contributed by atoms with Crippen LogP contribution < -0.4 is 10.7 Å². The summed E-state index contributed by atoms with van der Waals surface area (Å²) in [6.07, 6.45) is 3.07. The van der Waals surface area contributed by atoms with Crippen LogP contribution in [0.1, 0.15) is 38.1 Å². The molecule has 102 valence electrons. The molecule has 5 nitrogen and oxygen atoms in total. The van der Waals surface area contributed by atoms with Gasteiger partial charge in [0.25, 0.3) is 0 Å². The molecule has 0 bridgehead atoms. The summed E-state index contributed by atoms with van der Waals surface area (Å²) in [5, 5.41) is 12.2. The van der Waals surface area contributed by atoms with Gasteiger partial charge in [0.1, 0.15) is 6.10 Å². The lowest BCUT2D eigenvalue weighted by Crippen LogP contribution is -2.40. The fourth-order valence-corrected chi connectivity index (χ4v) is 2.75. The molecule has 1 fully saturated rings. The Bertz CT molecular complexity index is 584. The molecule has 2 aromatic rings. The minimum atomic E-state index is -0.587. The summed E-state index contributed by atoms with van der Waals surface area (Å²) < 4.78 is 2.07. The van der Waals surface area contributed by atoms with E-state index in [2.05, 4.69) is 14.7 Å². The van der Waals surface area contributed by atoms with E-state index >= 15 is 0 Å². The molecular formula is C14H20N4O. The van der Waals surface area contributed by atoms with Gasteiger partial charge < -0.3 is 15.8 Å². The lowest BCUT2D eigenvalue weighted by molar-refractivity contribution is 0.183. The van der Waals surface area contributed by atoms with E-state index in [0.717, 1.165) is 24.1 Å². The number of hydrogen-bond donors (Lipinski definition) is 2. The number of nitrogen functional groups attached to an aromatic ring is 1. The second-order valence-corrected chi connectivity index (χ2v) is 5.22. The van der Waals surface area contributed by atoms with Crippen LogP contribution in [0.2, 0.25) is 0 Å². The Morgan fingerprint density at radius 3 is 2.68 bits per heavy atom. The summed E-state index contributed by atoms with van der Waals surface area (Å²) in [7, 11) is 0. The van der Waals surface area contributed by atoms with E-state index in [-0.39, 0.29) is 0 Å². The van der Waals surface area contributed by atoms with E-state index in [0.29, 0.717) is 11.5 Å². The molecular weight excluding hydrogens is 240 g/mol. The van der Waals surface area contributed by atoms with Crippen LogP contribution >= 0.6 is 0 Å². The van der Waals surface area contributed by atoms with Crippen LogP contribution in [0.15, 0.2) is 18.2 Å². The van der Waals surface area contributed by atoms with Crippen LogP contribution in [-0.2, 0) is 0 Å². The molecule has 0 amide bonds. The number of benzene rings is 1. The molecule has 1 aromatic carbocycles. The standard InChI is InChI=1S/C14H20N4O/c1-10(19)14-16-12-9-11(15)5-6-13(12)18(14)17-7-3-2-4-8-17/h5-6,9-10,19H,2-4,7-8,15H2,1H3. The first-order chi connectivity index (χ1) is 9.16. The predicted molar refractivity (Wildman–Crippen MR) is 76.6 cm³/mol. The zero-order valence-electron chi connectivity index (χ0n) is 11.2. The largest absolute Gasteiger partial charge is 0.399 e. The van der Waals surface area contributed by atoms with Crippen LogP contribution in [0.5, 0.6) is 0 Å². The Morgan fingerprint density at radius 2 is 2.00 bits per heavy atom. The predicted octanol–water partition coefficient (Wildman–Crippen LogP) is 1.79. The summed E-state index contributed by atoms with van der Waals surface area (Å²) in [5.41, 5.74) is 8.38. The molecule has 1 saturated heterocycles. The highest BCUT2D eigenvalue weighted by Gasteiger charge is 2.20. The van der Waals surface area contributed by atoms with Gasteiger partial charge in [-0.15, -0.1) is 0 Å². The van der Waals surface area contributed by atoms with E-state index in [1.54, 1.807) is 6.92 Å². The zero-order valence-corrected chi connectivity index (χ0v) is 11.2. The zero-order chi connectivity index (χ0) is 13.4. The lowest BCUT2D eigenvalue weighted by Gasteiger charge is -2.31. The molecule has 1 atom stereocenters. The number of hydrogen-bond acceptors (Lipinski definition) is 4. The van der Waals surface area contributed by atoms with Gasteiger partial charge in [-0.05, 0) is 44.4 Å². The SMILES string of the molecule is CC(O)c1nc2cc(N)ccc2n1N1CCCCC1. The van der Waals surface area contributed by atoms with E-state index in [1.165, 1.54) is 19.3 Å². The highest BCUT2D eigenvalue weighted by Crippen LogP contribution is 2.24. The monoisotopic (exact) mass is 260 g/mol. The number of nitrogens with zero attached hydrogens (tertiary/aromatic N) is 3. The fraction of sp³-hybridized carbons (Fsp3) is 0.500. The van der Waals surface area contributed by atoms with Crippen LogP contribution in [0.25, 0.3) is 11.0 Å². The average Bonchev–Trinajstić information content (AvgIpc) is 2.78. The summed E-state index contributed by atoms with van der Waals surface area (Å²) in [5.74, 6) is 0.697. The number of imidazole rings is 1. The number of anilines is 1. The molecule has 0 saturated carbocycles. The third kappa shape index (κ3) is 2.14. The Morgan fingerprint density at radius 1 is 1.26 bits per heavy atom. The van der Waals surface area contributed by atoms with E-state index in [4.69, 9.17) is 5.73 Å². The van der Waals surface area contributed by atoms with Gasteiger partial charge in [-0.1, -0.05) is 0 Å². The van der Waals surface area contributed by atoms with Crippen molar-refractivity contribution in [3.05, 3.63) is 24.0 Å². The molecule has 0 spiro atoms. The molecule has 5 heteroatoms. The van der Waals surface area contributed by atoms with Gasteiger partial charge in [0.05, 0.1) is 11.0 Å². The molecule has 0 radical (unpaired) electrons. The van der Waals surface area contributed by atoms with Crippen molar-refractivity contribution in [1.82, 2.24) is 9.66 Å². The average molecular weight is 260 g/mol. The topological polar surface area (TPSA) is 67.3 Å². The molecule has 0 aliphatic carbocycles. The normalized spacial score (nSPS) is 17.9. The highest BCUT2D eigenvalue weighted by molar-refractivity contribution is 5.80. The third-order valence-electron chi connectivity index (χ3n) is 3.67. The Hall–Kier alpha value is -1.75. The smallest absolute Gasteiger partial charge is 0.157 e. The summed E-state index contributed by atoms with van der Waals surface area (Å²) in [6, 6.07) is 5.73. The first-order valence-electron chi connectivity index (χ1n) is 6.88. The Balaban J connectivity index is 2.15. The van der Waals surface area contributed by atoms with Crippen molar-refractivity contribution in [2.75, 3.05) is 23.8 Å². The van der Waals surface area contributed by atoms with Gasteiger partial charge in [-0.3, -0.25) is 0 Å². The minimum absolute atomic E-state index is 0.587. The first kappa shape index (κ1) is 12.3. The number of aliphatic hydroxyl groups is 1. The van der Waals surface area contributed by atoms with Crippen LogP contribution in [-0.4, -0.2) is 27.9 Å². The lowest BCUT2D eigenvalue weighted by atomic mass is 10.2. The van der Waals surface area contributed by atoms with Gasteiger partial charge in [0.2, 0.25) is 0 Å². The van der Waals surface area contributed by atoms with E-state index in [1.807, 2.05) is 18.2 Å². The van der Waals surface area contributed by atoms with Crippen molar-refractivity contribution >= 4 is 16.7 Å². The second-order valence-electron chi connectivity index (χ2n) is 5.22. The van der Waals surface area contributed by atoms with Crippen LogP contribution in [0, 0.1) is 0 Å². The van der Waals surface area contributed by atoms with Gasteiger partial charge in [0.15, 0.2) is 5.82 Å². The Labute approximate surface area is 112 Å². The second kappa shape index (κ2) is 4.74. The van der Waals surface area contributed by atoms with E-state index < -0.39 is 6.10 Å². The van der Waals surface area contributed by atoms with Crippen LogP contribution in [0.3, 0.4) is 0 Å². The molecule has 2 heterocycles. The van der Waals surface area contributed by atoms with Crippen molar-refractivity contribution in [1.29, 1.82) is 0 Å². The van der Waals surface area contributed by atoms with Gasteiger partial charge >= 0.3 is 0 Å². The molecule has 19 heavy (non-hydrogen) atoms. The minimum Gasteiger partial charge on any atom is -0.399 e. The fourth-order valence-electron chi connectivity index (χ4n) is 2.75. The van der Waals surface area contributed by atoms with Crippen molar-refractivity contribution in [3.8, 4) is 0 Å². The van der Waals surface area contributed by atoms with Crippen molar-refractivity contribution < 1.29 is 5.11 Å². The molecule has 1 aliphatic heterocycles. The Kier molecular flexibility index (Phi) is 3.06. The number of fused-ring (bicyclic) bond motifs is 1. The maximum absolute atomic E-state index is 9.96. The van der Waals surface area contributed by atoms with Gasteiger partial charge in [-0.25, -0.2) is 9.66 Å². The molecule has 3 N–H and O–H groups in total. The van der Waals surface area contributed by atoms with Gasteiger partial charge in [-0.2, -0.15) is 0 Å². The maximum Gasteiger partial charge on any atom is 0.157 e. The molecule has 1 aromatic heterocycles. The number of aliphatic hydroxyl groups excluding tert-OH is 1. The maximum atomic E-state index is 9.96. The summed E-state index contributed by atoms with van der Waals surface area (Å²) >= 11 is 0. The number of piperidine rings is 1. The summed E-state index contributed by atoms with van der Waals surface area (Å²) in [6.45, 7) is 3.77. The van der Waals surface area contributed by atoms with Crippen molar-refractivity contribution in [2.24, 2.45) is 0 Å². The molecule has 3 rings (SSSR count). The van der Waals surface area contributed by atoms with E-state index in [9.17, 15) is 5.11 Å². The highest BCUT2D eigenvalue weighted by atomic mass is 16.3. The molecule has 1 aliphatic rings. The van der Waals surface area contributed by atoms with Crippen molar-refractivity contribution in [2.45, 2.75) is 32.3 Å². The molecule has 1 unspecified atom stereocenters. The number of nitrogens with two attached hydrogens (primary N) is 1. The first-order valence-corrected chi connectivity index (χ1v) is 6.88. The quantitative estimate of drug-likeness (QED) is 0.808. The van der Waals surface area contributed by atoms with Crippen molar-refractivity contribution in [3.63, 3.8) is 0 Å². The van der Waals surface area contributed by atoms with Gasteiger partial charge in [0, 0.05) is 18.8 Å². The number of aromatic nitrogens is 2. The third-order valence-corrected chi connectivity index (χ3v) is 3.67. The van der Waals surface area contributed by atoms with Crippen LogP contribution in [0.4, 0.5) is 5.69 Å². The number of rotatable bonds is 2. The summed E-state index contributed by atoms with van der Waals surface area (Å²) in [4.78, 5) is 4.54.